The number of hydrogen-bond donors (Lipinski definition) is 1. The summed E-state index contributed by atoms with van der Waals surface area (Å²) in [5, 5.41) is 20.2. The molecule has 1 fully saturated rings. The molecule has 24 heavy (non-hydrogen) atoms. The largest absolute Gasteiger partial charge is 0.486 e. The van der Waals surface area contributed by atoms with Crippen molar-refractivity contribution in [3.8, 4) is 5.75 Å². The number of aliphatic carboxylic acids is 1. The van der Waals surface area contributed by atoms with Crippen molar-refractivity contribution < 1.29 is 24.4 Å². The van der Waals surface area contributed by atoms with E-state index in [0.717, 1.165) is 0 Å². The van der Waals surface area contributed by atoms with Gasteiger partial charge in [0, 0.05) is 24.2 Å². The van der Waals surface area contributed by atoms with Crippen molar-refractivity contribution in [3.05, 3.63) is 33.3 Å². The van der Waals surface area contributed by atoms with E-state index in [1.807, 2.05) is 0 Å². The molecule has 1 aromatic carbocycles. The van der Waals surface area contributed by atoms with E-state index >= 15 is 0 Å². The van der Waals surface area contributed by atoms with E-state index in [0.29, 0.717) is 6.54 Å². The van der Waals surface area contributed by atoms with Crippen molar-refractivity contribution in [2.75, 3.05) is 19.7 Å². The van der Waals surface area contributed by atoms with Crippen LogP contribution >= 0.6 is 11.6 Å². The highest BCUT2D eigenvalue weighted by molar-refractivity contribution is 6.30. The van der Waals surface area contributed by atoms with Gasteiger partial charge in [-0.2, -0.15) is 0 Å². The van der Waals surface area contributed by atoms with Crippen LogP contribution in [0.2, 0.25) is 5.02 Å². The Balaban J connectivity index is 1.90. The Morgan fingerprint density at radius 2 is 2.17 bits per heavy atom. The van der Waals surface area contributed by atoms with Gasteiger partial charge in [0.05, 0.1) is 23.9 Å². The molecule has 9 heteroatoms. The number of carboxylic acids is 1. The van der Waals surface area contributed by atoms with Gasteiger partial charge in [0.2, 0.25) is 5.91 Å². The first-order chi connectivity index (χ1) is 11.3. The van der Waals surface area contributed by atoms with Crippen LogP contribution in [0.1, 0.15) is 13.3 Å². The Morgan fingerprint density at radius 3 is 2.75 bits per heavy atom. The van der Waals surface area contributed by atoms with Crippen LogP contribution in [0.25, 0.3) is 0 Å². The predicted molar refractivity (Wildman–Crippen MR) is 85.1 cm³/mol. The van der Waals surface area contributed by atoms with Crippen molar-refractivity contribution in [3.63, 3.8) is 0 Å². The predicted octanol–water partition coefficient (Wildman–Crippen LogP) is 2.20. The molecule has 2 rings (SSSR count). The van der Waals surface area contributed by atoms with Crippen molar-refractivity contribution in [1.29, 1.82) is 0 Å². The number of likely N-dealkylation sites (tertiary alicyclic amines) is 1. The van der Waals surface area contributed by atoms with Crippen LogP contribution < -0.4 is 4.74 Å². The first kappa shape index (κ1) is 18.0. The Kier molecular flexibility index (Phi) is 5.61. The highest BCUT2D eigenvalue weighted by atomic mass is 35.5. The van der Waals surface area contributed by atoms with Crippen LogP contribution in [0.4, 0.5) is 5.69 Å². The maximum Gasteiger partial charge on any atom is 0.312 e. The van der Waals surface area contributed by atoms with Gasteiger partial charge in [0.25, 0.3) is 0 Å². The summed E-state index contributed by atoms with van der Waals surface area (Å²) in [5.74, 6) is -1.78. The lowest BCUT2D eigenvalue weighted by Gasteiger charge is -2.16. The highest BCUT2D eigenvalue weighted by Gasteiger charge is 2.36. The number of nitro groups is 1. The molecule has 0 unspecified atom stereocenters. The number of nitrogens with zero attached hydrogens (tertiary/aromatic N) is 2. The van der Waals surface area contributed by atoms with Crippen molar-refractivity contribution >= 4 is 29.2 Å². The Labute approximate surface area is 143 Å². The molecule has 1 saturated heterocycles. The van der Waals surface area contributed by atoms with Crippen LogP contribution in [0.15, 0.2) is 18.2 Å². The number of hydrogen-bond acceptors (Lipinski definition) is 5. The molecule has 0 aliphatic carbocycles. The Hall–Kier alpha value is -2.35. The first-order valence-electron chi connectivity index (χ1n) is 7.37. The summed E-state index contributed by atoms with van der Waals surface area (Å²) in [4.78, 5) is 35.0. The second-order valence-corrected chi connectivity index (χ2v) is 6.12. The third kappa shape index (κ3) is 4.14. The van der Waals surface area contributed by atoms with Crippen molar-refractivity contribution in [2.45, 2.75) is 13.3 Å². The van der Waals surface area contributed by atoms with Crippen molar-refractivity contribution in [2.24, 2.45) is 11.8 Å². The van der Waals surface area contributed by atoms with Gasteiger partial charge in [0.15, 0.2) is 5.75 Å². The SMILES string of the molecule is C[C@@H]1CN(C(=O)CCOc2ccc(Cl)cc2[N+](=O)[O-])C[C@H]1C(=O)O. The van der Waals surface area contributed by atoms with E-state index in [2.05, 4.69) is 0 Å². The molecular formula is C15H17ClN2O6. The maximum atomic E-state index is 12.1. The molecule has 0 saturated carbocycles. The molecule has 130 valence electrons. The fraction of sp³-hybridized carbons (Fsp3) is 0.467. The van der Waals surface area contributed by atoms with Crippen LogP contribution in [-0.4, -0.2) is 46.5 Å². The monoisotopic (exact) mass is 356 g/mol. The normalized spacial score (nSPS) is 20.0. The van der Waals surface area contributed by atoms with Gasteiger partial charge in [-0.25, -0.2) is 0 Å². The number of amides is 1. The first-order valence-corrected chi connectivity index (χ1v) is 7.74. The summed E-state index contributed by atoms with van der Waals surface area (Å²) < 4.78 is 5.32. The zero-order chi connectivity index (χ0) is 17.9. The molecule has 0 aromatic heterocycles. The third-order valence-corrected chi connectivity index (χ3v) is 4.21. The summed E-state index contributed by atoms with van der Waals surface area (Å²) in [6.07, 6.45) is 0.0127. The summed E-state index contributed by atoms with van der Waals surface area (Å²) in [7, 11) is 0. The summed E-state index contributed by atoms with van der Waals surface area (Å²) in [6, 6.07) is 4.02. The molecule has 8 nitrogen and oxygen atoms in total. The quantitative estimate of drug-likeness (QED) is 0.618. The van der Waals surface area contributed by atoms with Gasteiger partial charge in [-0.1, -0.05) is 18.5 Å². The molecule has 1 aliphatic rings. The number of carbonyl (C=O) groups is 2. The number of nitro benzene ring substituents is 1. The second-order valence-electron chi connectivity index (χ2n) is 5.69. The summed E-state index contributed by atoms with van der Waals surface area (Å²) >= 11 is 5.72. The molecule has 1 aliphatic heterocycles. The van der Waals surface area contributed by atoms with Crippen LogP contribution in [0, 0.1) is 22.0 Å². The van der Waals surface area contributed by atoms with Gasteiger partial charge in [-0.15, -0.1) is 0 Å². The number of carboxylic acid groups (broad SMARTS) is 1. The topological polar surface area (TPSA) is 110 Å². The molecule has 1 amide bonds. The van der Waals surface area contributed by atoms with Gasteiger partial charge in [0.1, 0.15) is 0 Å². The van der Waals surface area contributed by atoms with Crippen LogP contribution in [-0.2, 0) is 9.59 Å². The average Bonchev–Trinajstić information content (AvgIpc) is 2.90. The van der Waals surface area contributed by atoms with Gasteiger partial charge >= 0.3 is 11.7 Å². The van der Waals surface area contributed by atoms with Gasteiger partial charge < -0.3 is 14.7 Å². The molecule has 0 radical (unpaired) electrons. The van der Waals surface area contributed by atoms with E-state index in [4.69, 9.17) is 21.4 Å². The molecule has 0 bridgehead atoms. The molecule has 1 aromatic rings. The van der Waals surface area contributed by atoms with Crippen molar-refractivity contribution in [1.82, 2.24) is 4.90 Å². The average molecular weight is 357 g/mol. The second kappa shape index (κ2) is 7.48. The van der Waals surface area contributed by atoms with E-state index in [1.165, 1.54) is 23.1 Å². The number of rotatable bonds is 6. The summed E-state index contributed by atoms with van der Waals surface area (Å²) in [5.41, 5.74) is -0.268. The summed E-state index contributed by atoms with van der Waals surface area (Å²) in [6.45, 7) is 2.32. The Morgan fingerprint density at radius 1 is 1.46 bits per heavy atom. The minimum Gasteiger partial charge on any atom is -0.486 e. The lowest BCUT2D eigenvalue weighted by atomic mass is 9.99. The molecule has 1 heterocycles. The van der Waals surface area contributed by atoms with Gasteiger partial charge in [-0.05, 0) is 18.1 Å². The minimum atomic E-state index is -0.911. The Bertz CT molecular complexity index is 665. The lowest BCUT2D eigenvalue weighted by molar-refractivity contribution is -0.385. The van der Waals surface area contributed by atoms with E-state index < -0.39 is 16.8 Å². The molecule has 2 atom stereocenters. The molecular weight excluding hydrogens is 340 g/mol. The van der Waals surface area contributed by atoms with Gasteiger partial charge in [-0.3, -0.25) is 19.7 Å². The maximum absolute atomic E-state index is 12.1. The molecule has 0 spiro atoms. The zero-order valence-electron chi connectivity index (χ0n) is 13.0. The minimum absolute atomic E-state index is 0.0127. The lowest BCUT2D eigenvalue weighted by Crippen LogP contribution is -2.30. The number of benzene rings is 1. The van der Waals surface area contributed by atoms with E-state index in [9.17, 15) is 19.7 Å². The molecule has 1 N–H and O–H groups in total. The number of halogens is 1. The fourth-order valence-electron chi connectivity index (χ4n) is 2.65. The van der Waals surface area contributed by atoms with Crippen LogP contribution in [0.3, 0.4) is 0 Å². The van der Waals surface area contributed by atoms with Crippen LogP contribution in [0.5, 0.6) is 5.75 Å². The number of ether oxygens (including phenoxy) is 1. The van der Waals surface area contributed by atoms with E-state index in [-0.39, 0.29) is 47.9 Å². The third-order valence-electron chi connectivity index (χ3n) is 3.97. The smallest absolute Gasteiger partial charge is 0.312 e. The van der Waals surface area contributed by atoms with E-state index in [1.54, 1.807) is 6.92 Å². The zero-order valence-corrected chi connectivity index (χ0v) is 13.7. The number of carbonyl (C=O) groups excluding carboxylic acids is 1. The fourth-order valence-corrected chi connectivity index (χ4v) is 2.82. The standard InChI is InChI=1S/C15H17ClN2O6/c1-9-7-17(8-11(9)15(20)21)14(19)4-5-24-13-3-2-10(16)6-12(13)18(22)23/h2-3,6,9,11H,4-5,7-8H2,1H3,(H,20,21)/t9-,11-/m1/s1. The highest BCUT2D eigenvalue weighted by Crippen LogP contribution is 2.30.